The molecule has 2 aromatic carbocycles. The van der Waals surface area contributed by atoms with Gasteiger partial charge in [0.2, 0.25) is 5.91 Å². The molecule has 0 saturated carbocycles. The van der Waals surface area contributed by atoms with Gasteiger partial charge in [-0.3, -0.25) is 9.59 Å². The minimum Gasteiger partial charge on any atom is -0.461 e. The van der Waals surface area contributed by atoms with E-state index in [0.29, 0.717) is 26.1 Å². The van der Waals surface area contributed by atoms with Crippen LogP contribution in [0.25, 0.3) is 16.5 Å². The van der Waals surface area contributed by atoms with Crippen LogP contribution in [-0.2, 0) is 16.0 Å². The third-order valence-corrected chi connectivity index (χ3v) is 6.09. The van der Waals surface area contributed by atoms with Crippen LogP contribution in [0.3, 0.4) is 0 Å². The number of benzene rings is 2. The molecule has 10 heteroatoms. The molecule has 0 bridgehead atoms. The molecule has 0 fully saturated rings. The van der Waals surface area contributed by atoms with Gasteiger partial charge in [-0.1, -0.05) is 41.4 Å². The monoisotopic (exact) mass is 501 g/mol. The smallest absolute Gasteiger partial charge is 0.359 e. The lowest BCUT2D eigenvalue weighted by atomic mass is 10.1. The Morgan fingerprint density at radius 1 is 1.12 bits per heavy atom. The predicted octanol–water partition coefficient (Wildman–Crippen LogP) is 5.11. The van der Waals surface area contributed by atoms with Crippen molar-refractivity contribution in [3.63, 3.8) is 0 Å². The van der Waals surface area contributed by atoms with Gasteiger partial charge in [0.1, 0.15) is 5.00 Å². The van der Waals surface area contributed by atoms with E-state index in [-0.39, 0.29) is 30.0 Å². The normalized spacial score (nSPS) is 10.9. The van der Waals surface area contributed by atoms with Crippen LogP contribution < -0.4 is 10.9 Å². The lowest BCUT2D eigenvalue weighted by Crippen LogP contribution is -2.25. The van der Waals surface area contributed by atoms with E-state index in [1.54, 1.807) is 60.8 Å². The number of nitrogens with one attached hydrogen (secondary N) is 1. The fourth-order valence-electron chi connectivity index (χ4n) is 3.23. The fraction of sp³-hybridized carbons (Fsp3) is 0.130. The van der Waals surface area contributed by atoms with Crippen LogP contribution in [0, 0.1) is 0 Å². The Bertz CT molecular complexity index is 1410. The van der Waals surface area contributed by atoms with Crippen molar-refractivity contribution in [1.29, 1.82) is 0 Å². The number of halogens is 2. The van der Waals surface area contributed by atoms with Gasteiger partial charge in [0, 0.05) is 20.8 Å². The first-order valence-corrected chi connectivity index (χ1v) is 11.5. The SMILES string of the molecule is CCOC(=O)c1nn(-c2cccc(Cl)c2)c(=O)c2c(NC(=O)Cc3ccc(Cl)cc3)scc12. The van der Waals surface area contributed by atoms with Crippen molar-refractivity contribution in [2.24, 2.45) is 0 Å². The van der Waals surface area contributed by atoms with E-state index >= 15 is 0 Å². The number of nitrogens with zero attached hydrogens (tertiary/aromatic N) is 2. The van der Waals surface area contributed by atoms with E-state index in [2.05, 4.69) is 10.4 Å². The molecule has 2 heterocycles. The molecule has 0 aliphatic heterocycles. The predicted molar refractivity (Wildman–Crippen MR) is 130 cm³/mol. The van der Waals surface area contributed by atoms with Crippen molar-refractivity contribution < 1.29 is 14.3 Å². The maximum Gasteiger partial charge on any atom is 0.359 e. The number of hydrogen-bond acceptors (Lipinski definition) is 6. The molecule has 0 aliphatic carbocycles. The van der Waals surface area contributed by atoms with Gasteiger partial charge in [-0.15, -0.1) is 11.3 Å². The van der Waals surface area contributed by atoms with Crippen molar-refractivity contribution in [2.45, 2.75) is 13.3 Å². The summed E-state index contributed by atoms with van der Waals surface area (Å²) in [6.45, 7) is 1.82. The van der Waals surface area contributed by atoms with Gasteiger partial charge in [0.25, 0.3) is 5.56 Å². The summed E-state index contributed by atoms with van der Waals surface area (Å²) in [4.78, 5) is 38.6. The average molecular weight is 502 g/mol. The highest BCUT2D eigenvalue weighted by molar-refractivity contribution is 7.16. The lowest BCUT2D eigenvalue weighted by molar-refractivity contribution is -0.115. The minimum absolute atomic E-state index is 0.0270. The molecule has 0 atom stereocenters. The zero-order valence-electron chi connectivity index (χ0n) is 17.3. The van der Waals surface area contributed by atoms with Crippen LogP contribution >= 0.6 is 34.5 Å². The highest BCUT2D eigenvalue weighted by Crippen LogP contribution is 2.31. The van der Waals surface area contributed by atoms with Gasteiger partial charge in [-0.25, -0.2) is 4.79 Å². The van der Waals surface area contributed by atoms with Crippen molar-refractivity contribution in [3.8, 4) is 5.69 Å². The number of carbonyl (C=O) groups excluding carboxylic acids is 2. The molecular formula is C23H17Cl2N3O4S. The Hall–Kier alpha value is -3.20. The van der Waals surface area contributed by atoms with E-state index in [0.717, 1.165) is 21.6 Å². The van der Waals surface area contributed by atoms with E-state index in [1.165, 1.54) is 0 Å². The van der Waals surface area contributed by atoms with E-state index < -0.39 is 11.5 Å². The molecule has 1 amide bonds. The Labute approximate surface area is 202 Å². The first-order valence-electron chi connectivity index (χ1n) is 9.89. The summed E-state index contributed by atoms with van der Waals surface area (Å²) in [6.07, 6.45) is 0.0921. The molecule has 4 aromatic rings. The molecule has 0 spiro atoms. The number of esters is 1. The number of hydrogen-bond donors (Lipinski definition) is 1. The first-order chi connectivity index (χ1) is 15.9. The summed E-state index contributed by atoms with van der Waals surface area (Å²) in [6, 6.07) is 13.4. The summed E-state index contributed by atoms with van der Waals surface area (Å²) < 4.78 is 6.22. The van der Waals surface area contributed by atoms with Crippen LogP contribution in [-0.4, -0.2) is 28.3 Å². The van der Waals surface area contributed by atoms with E-state index in [9.17, 15) is 14.4 Å². The standard InChI is InChI=1S/C23H17Cl2N3O4S/c1-2-32-23(31)20-17-12-33-21(26-18(29)10-13-6-8-14(24)9-7-13)19(17)22(30)28(27-20)16-5-3-4-15(25)11-16/h3-9,11-12H,2,10H2,1H3,(H,26,29). The van der Waals surface area contributed by atoms with Crippen molar-refractivity contribution in [1.82, 2.24) is 9.78 Å². The highest BCUT2D eigenvalue weighted by atomic mass is 35.5. The number of ether oxygens (including phenoxy) is 1. The number of amides is 1. The molecule has 1 N–H and O–H groups in total. The molecule has 7 nitrogen and oxygen atoms in total. The molecular weight excluding hydrogens is 485 g/mol. The second kappa shape index (κ2) is 9.74. The van der Waals surface area contributed by atoms with E-state index in [4.69, 9.17) is 27.9 Å². The van der Waals surface area contributed by atoms with Crippen LogP contribution in [0.15, 0.2) is 58.7 Å². The lowest BCUT2D eigenvalue weighted by Gasteiger charge is -2.10. The number of aromatic nitrogens is 2. The van der Waals surface area contributed by atoms with Gasteiger partial charge in [-0.2, -0.15) is 9.78 Å². The van der Waals surface area contributed by atoms with Crippen molar-refractivity contribution in [3.05, 3.63) is 85.6 Å². The minimum atomic E-state index is -0.671. The van der Waals surface area contributed by atoms with Crippen molar-refractivity contribution >= 4 is 62.2 Å². The molecule has 2 aromatic heterocycles. The van der Waals surface area contributed by atoms with E-state index in [1.807, 2.05) is 0 Å². The van der Waals surface area contributed by atoms with Gasteiger partial charge in [-0.05, 0) is 42.8 Å². The number of thiophene rings is 1. The Kier molecular flexibility index (Phi) is 6.78. The van der Waals surface area contributed by atoms with Gasteiger partial charge in [0.15, 0.2) is 5.69 Å². The maximum absolute atomic E-state index is 13.4. The highest BCUT2D eigenvalue weighted by Gasteiger charge is 2.23. The Balaban J connectivity index is 1.79. The first kappa shape index (κ1) is 23.0. The summed E-state index contributed by atoms with van der Waals surface area (Å²) in [7, 11) is 0. The number of carbonyl (C=O) groups is 2. The Morgan fingerprint density at radius 3 is 2.58 bits per heavy atom. The Morgan fingerprint density at radius 2 is 1.88 bits per heavy atom. The van der Waals surface area contributed by atoms with Crippen molar-refractivity contribution in [2.75, 3.05) is 11.9 Å². The third kappa shape index (κ3) is 4.93. The average Bonchev–Trinajstić information content (AvgIpc) is 3.19. The largest absolute Gasteiger partial charge is 0.461 e. The quantitative estimate of drug-likeness (QED) is 0.370. The maximum atomic E-state index is 13.4. The topological polar surface area (TPSA) is 90.3 Å². The van der Waals surface area contributed by atoms with Gasteiger partial charge in [0.05, 0.1) is 24.1 Å². The second-order valence-corrected chi connectivity index (χ2v) is 8.72. The van der Waals surface area contributed by atoms with Crippen LogP contribution in [0.4, 0.5) is 5.00 Å². The zero-order chi connectivity index (χ0) is 23.5. The third-order valence-electron chi connectivity index (χ3n) is 4.70. The zero-order valence-corrected chi connectivity index (χ0v) is 19.6. The molecule has 0 saturated heterocycles. The molecule has 0 radical (unpaired) electrons. The number of anilines is 1. The molecule has 0 aliphatic rings. The summed E-state index contributed by atoms with van der Waals surface area (Å²) in [5.41, 5.74) is 0.622. The van der Waals surface area contributed by atoms with Crippen LogP contribution in [0.5, 0.6) is 0 Å². The fourth-order valence-corrected chi connectivity index (χ4v) is 4.50. The number of fused-ring (bicyclic) bond motifs is 1. The summed E-state index contributed by atoms with van der Waals surface area (Å²) >= 11 is 13.1. The van der Waals surface area contributed by atoms with Crippen LogP contribution in [0.1, 0.15) is 23.0 Å². The van der Waals surface area contributed by atoms with Crippen LogP contribution in [0.2, 0.25) is 10.0 Å². The molecule has 4 rings (SSSR count). The van der Waals surface area contributed by atoms with Gasteiger partial charge < -0.3 is 10.1 Å². The summed E-state index contributed by atoms with van der Waals surface area (Å²) in [5.74, 6) is -0.987. The molecule has 33 heavy (non-hydrogen) atoms. The number of rotatable bonds is 6. The second-order valence-electron chi connectivity index (χ2n) is 6.97. The molecule has 0 unspecified atom stereocenters. The summed E-state index contributed by atoms with van der Waals surface area (Å²) in [5, 5.41) is 10.4. The van der Waals surface area contributed by atoms with Gasteiger partial charge >= 0.3 is 5.97 Å². The molecule has 168 valence electrons.